The highest BCUT2D eigenvalue weighted by Crippen LogP contribution is 2.25. The van der Waals surface area contributed by atoms with Crippen LogP contribution in [-0.4, -0.2) is 36.7 Å². The van der Waals surface area contributed by atoms with Gasteiger partial charge in [-0.15, -0.1) is 0 Å². The Labute approximate surface area is 181 Å². The number of ketones is 2. The summed E-state index contributed by atoms with van der Waals surface area (Å²) in [5.41, 5.74) is 0. The largest absolute Gasteiger partial charge is 0.465 e. The van der Waals surface area contributed by atoms with E-state index in [1.54, 1.807) is 0 Å². The smallest absolute Gasteiger partial charge is 0.316 e. The highest BCUT2D eigenvalue weighted by atomic mass is 16.5. The number of esters is 2. The van der Waals surface area contributed by atoms with Gasteiger partial charge in [-0.2, -0.15) is 0 Å². The van der Waals surface area contributed by atoms with Crippen LogP contribution in [0.2, 0.25) is 0 Å². The lowest BCUT2D eigenvalue weighted by molar-refractivity contribution is -0.163. The van der Waals surface area contributed by atoms with Crippen molar-refractivity contribution in [2.45, 2.75) is 104 Å². The first kappa shape index (κ1) is 26.3. The fourth-order valence-corrected chi connectivity index (χ4v) is 3.66. The lowest BCUT2D eigenvalue weighted by Gasteiger charge is -2.24. The van der Waals surface area contributed by atoms with Crippen molar-refractivity contribution in [3.8, 4) is 0 Å². The van der Waals surface area contributed by atoms with Crippen molar-refractivity contribution in [2.75, 3.05) is 13.2 Å². The van der Waals surface area contributed by atoms with Crippen LogP contribution in [0.5, 0.6) is 0 Å². The van der Waals surface area contributed by atoms with Gasteiger partial charge in [-0.05, 0) is 12.8 Å². The Hall–Kier alpha value is -1.72. The Morgan fingerprint density at radius 3 is 1.33 bits per heavy atom. The normalized spacial score (nSPS) is 19.0. The quantitative estimate of drug-likeness (QED) is 0.198. The lowest BCUT2D eigenvalue weighted by atomic mass is 9.80. The van der Waals surface area contributed by atoms with Crippen LogP contribution in [0.1, 0.15) is 104 Å². The second-order valence-electron chi connectivity index (χ2n) is 8.32. The van der Waals surface area contributed by atoms with E-state index in [-0.39, 0.29) is 26.1 Å². The molecule has 6 nitrogen and oxygen atoms in total. The van der Waals surface area contributed by atoms with Crippen LogP contribution in [0.25, 0.3) is 0 Å². The third-order valence-electron chi connectivity index (χ3n) is 5.64. The first-order chi connectivity index (χ1) is 14.5. The molecule has 0 bridgehead atoms. The topological polar surface area (TPSA) is 86.7 Å². The van der Waals surface area contributed by atoms with Crippen LogP contribution in [0.15, 0.2) is 0 Å². The van der Waals surface area contributed by atoms with E-state index in [4.69, 9.17) is 9.47 Å². The van der Waals surface area contributed by atoms with Crippen molar-refractivity contribution < 1.29 is 28.7 Å². The van der Waals surface area contributed by atoms with E-state index in [0.29, 0.717) is 0 Å². The highest BCUT2D eigenvalue weighted by molar-refractivity contribution is 6.12. The van der Waals surface area contributed by atoms with Crippen LogP contribution in [0.3, 0.4) is 0 Å². The van der Waals surface area contributed by atoms with Gasteiger partial charge in [-0.3, -0.25) is 19.2 Å². The fourth-order valence-electron chi connectivity index (χ4n) is 3.66. The maximum atomic E-state index is 12.3. The number of unbranched alkanes of at least 4 members (excludes halogenated alkanes) is 10. The number of Topliss-reactive ketones (excluding diaryl/α,β-unsaturated/α-hetero) is 2. The number of hydrogen-bond acceptors (Lipinski definition) is 6. The Morgan fingerprint density at radius 1 is 0.633 bits per heavy atom. The molecule has 6 heteroatoms. The maximum absolute atomic E-state index is 12.3. The molecule has 1 aliphatic rings. The van der Waals surface area contributed by atoms with Crippen molar-refractivity contribution in [3.05, 3.63) is 0 Å². The Kier molecular flexibility index (Phi) is 14.1. The summed E-state index contributed by atoms with van der Waals surface area (Å²) in [6.45, 7) is 4.85. The third-order valence-corrected chi connectivity index (χ3v) is 5.64. The Morgan fingerprint density at radius 2 is 0.967 bits per heavy atom. The predicted octanol–water partition coefficient (Wildman–Crippen LogP) is 4.96. The molecule has 1 saturated carbocycles. The van der Waals surface area contributed by atoms with Gasteiger partial charge in [0.15, 0.2) is 0 Å². The van der Waals surface area contributed by atoms with Gasteiger partial charge < -0.3 is 9.47 Å². The molecule has 0 radical (unpaired) electrons. The van der Waals surface area contributed by atoms with E-state index in [9.17, 15) is 19.2 Å². The van der Waals surface area contributed by atoms with Gasteiger partial charge in [0.25, 0.3) is 0 Å². The predicted molar refractivity (Wildman–Crippen MR) is 115 cm³/mol. The van der Waals surface area contributed by atoms with E-state index in [1.807, 2.05) is 0 Å². The zero-order chi connectivity index (χ0) is 22.2. The van der Waals surface area contributed by atoms with E-state index in [1.165, 1.54) is 38.5 Å². The summed E-state index contributed by atoms with van der Waals surface area (Å²) in [6, 6.07) is 0. The first-order valence-corrected chi connectivity index (χ1v) is 11.9. The Bertz CT molecular complexity index is 494. The molecule has 0 heterocycles. The van der Waals surface area contributed by atoms with Crippen molar-refractivity contribution in [1.82, 2.24) is 0 Å². The van der Waals surface area contributed by atoms with Crippen LogP contribution in [-0.2, 0) is 28.7 Å². The molecule has 0 aromatic carbocycles. The number of rotatable bonds is 16. The number of ether oxygens (including phenoxy) is 2. The zero-order valence-electron chi connectivity index (χ0n) is 18.9. The summed E-state index contributed by atoms with van der Waals surface area (Å²) in [7, 11) is 0. The average molecular weight is 425 g/mol. The lowest BCUT2D eigenvalue weighted by Crippen LogP contribution is -2.41. The molecule has 0 spiro atoms. The molecule has 0 saturated heterocycles. The molecule has 0 amide bonds. The third kappa shape index (κ3) is 10.4. The minimum Gasteiger partial charge on any atom is -0.465 e. The number of carbonyl (C=O) groups excluding carboxylic acids is 4. The van der Waals surface area contributed by atoms with Crippen molar-refractivity contribution in [1.29, 1.82) is 0 Å². The van der Waals surface area contributed by atoms with Crippen LogP contribution in [0.4, 0.5) is 0 Å². The molecule has 2 unspecified atom stereocenters. The first-order valence-electron chi connectivity index (χ1n) is 11.9. The minimum absolute atomic E-state index is 0.259. The van der Waals surface area contributed by atoms with Gasteiger partial charge in [-0.1, -0.05) is 78.1 Å². The summed E-state index contributed by atoms with van der Waals surface area (Å²) in [5.74, 6) is -4.21. The van der Waals surface area contributed by atoms with E-state index < -0.39 is 35.3 Å². The van der Waals surface area contributed by atoms with Crippen LogP contribution in [0, 0.1) is 11.8 Å². The average Bonchev–Trinajstić information content (AvgIpc) is 2.73. The molecule has 1 rings (SSSR count). The van der Waals surface area contributed by atoms with E-state index in [2.05, 4.69) is 13.8 Å². The molecule has 1 fully saturated rings. The molecule has 2 atom stereocenters. The van der Waals surface area contributed by atoms with Gasteiger partial charge in [-0.25, -0.2) is 0 Å². The zero-order valence-corrected chi connectivity index (χ0v) is 18.9. The molecule has 30 heavy (non-hydrogen) atoms. The van der Waals surface area contributed by atoms with Gasteiger partial charge in [0.2, 0.25) is 0 Å². The van der Waals surface area contributed by atoms with Crippen LogP contribution < -0.4 is 0 Å². The standard InChI is InChI=1S/C24H40O6/c1-3-5-7-9-11-13-15-29-23(27)19-17-22(26)20(18-21(19)25)24(28)30-16-14-12-10-8-6-4-2/h19-20H,3-18H2,1-2H3. The molecule has 172 valence electrons. The summed E-state index contributed by atoms with van der Waals surface area (Å²) in [4.78, 5) is 49.0. The molecule has 1 aliphatic carbocycles. The van der Waals surface area contributed by atoms with E-state index in [0.717, 1.165) is 38.5 Å². The van der Waals surface area contributed by atoms with Crippen molar-refractivity contribution in [3.63, 3.8) is 0 Å². The second kappa shape index (κ2) is 16.0. The van der Waals surface area contributed by atoms with Crippen molar-refractivity contribution >= 4 is 23.5 Å². The van der Waals surface area contributed by atoms with E-state index >= 15 is 0 Å². The molecule has 0 N–H and O–H groups in total. The maximum Gasteiger partial charge on any atom is 0.316 e. The highest BCUT2D eigenvalue weighted by Gasteiger charge is 2.43. The Balaban J connectivity index is 2.26. The SMILES string of the molecule is CCCCCCCCOC(=O)C1CC(=O)C(C(=O)OCCCCCCCC)CC1=O. The summed E-state index contributed by atoms with van der Waals surface area (Å²) in [6.07, 6.45) is 12.3. The molecule has 0 aromatic rings. The fraction of sp³-hybridized carbons (Fsp3) is 0.833. The molecule has 0 aliphatic heterocycles. The van der Waals surface area contributed by atoms with Crippen molar-refractivity contribution in [2.24, 2.45) is 11.8 Å². The minimum atomic E-state index is -1.07. The molecular formula is C24H40O6. The number of carbonyl (C=O) groups is 4. The van der Waals surface area contributed by atoms with Gasteiger partial charge >= 0.3 is 11.9 Å². The molecular weight excluding hydrogens is 384 g/mol. The summed E-state index contributed by atoms with van der Waals surface area (Å²) in [5, 5.41) is 0. The molecule has 0 aromatic heterocycles. The summed E-state index contributed by atoms with van der Waals surface area (Å²) >= 11 is 0. The summed E-state index contributed by atoms with van der Waals surface area (Å²) < 4.78 is 10.4. The van der Waals surface area contributed by atoms with Gasteiger partial charge in [0.05, 0.1) is 13.2 Å². The van der Waals surface area contributed by atoms with Crippen LogP contribution >= 0.6 is 0 Å². The number of hydrogen-bond donors (Lipinski definition) is 0. The van der Waals surface area contributed by atoms with Gasteiger partial charge in [0, 0.05) is 12.8 Å². The second-order valence-corrected chi connectivity index (χ2v) is 8.32. The monoisotopic (exact) mass is 424 g/mol. The van der Waals surface area contributed by atoms with Gasteiger partial charge in [0.1, 0.15) is 23.4 Å².